The first-order valence-corrected chi connectivity index (χ1v) is 4.56. The average molecular weight is 224 g/mol. The number of methoxy groups -OCH3 is 2. The van der Waals surface area contributed by atoms with Crippen molar-refractivity contribution in [3.05, 3.63) is 35.1 Å². The van der Waals surface area contributed by atoms with Crippen LogP contribution >= 0.6 is 0 Å². The maximum atomic E-state index is 11.2. The summed E-state index contributed by atoms with van der Waals surface area (Å²) in [5.74, 6) is -1.29. The SMILES string of the molecule is COC(=O)C1=CCC(C(=O)OC)=CC(O)=C1. The lowest BCUT2D eigenvalue weighted by molar-refractivity contribution is -0.137. The fourth-order valence-electron chi connectivity index (χ4n) is 1.25. The third-order valence-electron chi connectivity index (χ3n) is 2.04. The van der Waals surface area contributed by atoms with Crippen LogP contribution in [0.5, 0.6) is 0 Å². The fourth-order valence-corrected chi connectivity index (χ4v) is 1.25. The molecule has 0 heterocycles. The molecule has 0 aromatic carbocycles. The van der Waals surface area contributed by atoms with Crippen LogP contribution in [0.4, 0.5) is 0 Å². The minimum absolute atomic E-state index is 0.186. The first-order chi connectivity index (χ1) is 7.58. The predicted molar refractivity (Wildman–Crippen MR) is 55.5 cm³/mol. The van der Waals surface area contributed by atoms with Crippen LogP contribution in [-0.2, 0) is 19.1 Å². The highest BCUT2D eigenvalue weighted by molar-refractivity contribution is 5.94. The van der Waals surface area contributed by atoms with Crippen LogP contribution < -0.4 is 0 Å². The Morgan fingerprint density at radius 1 is 1.19 bits per heavy atom. The molecular weight excluding hydrogens is 212 g/mol. The van der Waals surface area contributed by atoms with Crippen molar-refractivity contribution in [1.82, 2.24) is 0 Å². The largest absolute Gasteiger partial charge is 0.508 e. The third kappa shape index (κ3) is 2.73. The number of hydrogen-bond acceptors (Lipinski definition) is 5. The number of carbonyl (C=O) groups is 2. The summed E-state index contributed by atoms with van der Waals surface area (Å²) in [7, 11) is 2.49. The summed E-state index contributed by atoms with van der Waals surface area (Å²) in [6.45, 7) is 0. The number of aliphatic hydroxyl groups is 1. The molecule has 1 aliphatic carbocycles. The van der Waals surface area contributed by atoms with Crippen molar-refractivity contribution in [2.45, 2.75) is 6.42 Å². The molecule has 0 bridgehead atoms. The van der Waals surface area contributed by atoms with Gasteiger partial charge in [0.05, 0.1) is 19.8 Å². The summed E-state index contributed by atoms with van der Waals surface area (Å²) in [5.41, 5.74) is 0.477. The predicted octanol–water partition coefficient (Wildman–Crippen LogP) is 1.03. The van der Waals surface area contributed by atoms with Crippen LogP contribution in [0.25, 0.3) is 0 Å². The van der Waals surface area contributed by atoms with Gasteiger partial charge in [0.15, 0.2) is 0 Å². The van der Waals surface area contributed by atoms with Gasteiger partial charge in [-0.2, -0.15) is 0 Å². The molecule has 1 aliphatic rings. The number of rotatable bonds is 2. The number of esters is 2. The highest BCUT2D eigenvalue weighted by Gasteiger charge is 2.15. The molecule has 0 spiro atoms. The Hall–Kier alpha value is -2.04. The quantitative estimate of drug-likeness (QED) is 0.709. The van der Waals surface area contributed by atoms with E-state index < -0.39 is 11.9 Å². The van der Waals surface area contributed by atoms with Crippen LogP contribution in [0.3, 0.4) is 0 Å². The molecule has 0 aromatic rings. The van der Waals surface area contributed by atoms with Crippen LogP contribution in [0, 0.1) is 0 Å². The topological polar surface area (TPSA) is 72.8 Å². The van der Waals surface area contributed by atoms with Crippen molar-refractivity contribution in [3.8, 4) is 0 Å². The van der Waals surface area contributed by atoms with Gasteiger partial charge in [-0.1, -0.05) is 6.08 Å². The summed E-state index contributed by atoms with van der Waals surface area (Å²) in [5, 5.41) is 9.45. The summed E-state index contributed by atoms with van der Waals surface area (Å²) >= 11 is 0. The van der Waals surface area contributed by atoms with E-state index in [0.29, 0.717) is 0 Å². The Morgan fingerprint density at radius 2 is 1.81 bits per heavy atom. The zero-order valence-corrected chi connectivity index (χ0v) is 9.02. The fraction of sp³-hybridized carbons (Fsp3) is 0.273. The van der Waals surface area contributed by atoms with E-state index in [1.807, 2.05) is 0 Å². The van der Waals surface area contributed by atoms with Crippen molar-refractivity contribution in [2.24, 2.45) is 0 Å². The second-order valence-corrected chi connectivity index (χ2v) is 3.09. The van der Waals surface area contributed by atoms with Crippen molar-refractivity contribution < 1.29 is 24.2 Å². The monoisotopic (exact) mass is 224 g/mol. The molecule has 0 saturated carbocycles. The molecule has 0 saturated heterocycles. The van der Waals surface area contributed by atoms with E-state index >= 15 is 0 Å². The zero-order chi connectivity index (χ0) is 12.1. The van der Waals surface area contributed by atoms with Gasteiger partial charge in [0.1, 0.15) is 5.76 Å². The standard InChI is InChI=1S/C11H12O5/c1-15-10(13)7-3-4-8(11(14)16-2)6-9(12)5-7/h3,5-6,12H,4H2,1-2H3. The Morgan fingerprint density at radius 3 is 2.38 bits per heavy atom. The second-order valence-electron chi connectivity index (χ2n) is 3.09. The van der Waals surface area contributed by atoms with Gasteiger partial charge < -0.3 is 14.6 Å². The molecule has 0 amide bonds. The number of aliphatic hydroxyl groups excluding tert-OH is 1. The molecule has 5 nitrogen and oxygen atoms in total. The highest BCUT2D eigenvalue weighted by atomic mass is 16.5. The molecule has 0 unspecified atom stereocenters. The second kappa shape index (κ2) is 5.16. The zero-order valence-electron chi connectivity index (χ0n) is 9.02. The number of hydrogen-bond donors (Lipinski definition) is 1. The lowest BCUT2D eigenvalue weighted by atomic mass is 10.1. The van der Waals surface area contributed by atoms with E-state index in [0.717, 1.165) is 0 Å². The summed E-state index contributed by atoms with van der Waals surface area (Å²) in [4.78, 5) is 22.5. The molecule has 0 radical (unpaired) electrons. The lowest BCUT2D eigenvalue weighted by Gasteiger charge is -2.00. The van der Waals surface area contributed by atoms with Crippen molar-refractivity contribution in [1.29, 1.82) is 0 Å². The summed E-state index contributed by atoms with van der Waals surface area (Å²) in [6, 6.07) is 0. The van der Waals surface area contributed by atoms with E-state index in [1.165, 1.54) is 32.4 Å². The molecule has 0 aliphatic heterocycles. The van der Waals surface area contributed by atoms with E-state index in [9.17, 15) is 14.7 Å². The molecule has 0 atom stereocenters. The molecule has 1 N–H and O–H groups in total. The van der Waals surface area contributed by atoms with Crippen LogP contribution in [0.2, 0.25) is 0 Å². The van der Waals surface area contributed by atoms with Crippen LogP contribution in [0.1, 0.15) is 6.42 Å². The van der Waals surface area contributed by atoms with Crippen LogP contribution in [0.15, 0.2) is 35.1 Å². The minimum atomic E-state index is -0.564. The number of carbonyl (C=O) groups excluding carboxylic acids is 2. The van der Waals surface area contributed by atoms with Crippen molar-refractivity contribution >= 4 is 11.9 Å². The number of allylic oxidation sites excluding steroid dienone is 2. The normalized spacial score (nSPS) is 15.2. The van der Waals surface area contributed by atoms with E-state index in [4.69, 9.17) is 0 Å². The summed E-state index contributed by atoms with van der Waals surface area (Å²) < 4.78 is 9.04. The maximum absolute atomic E-state index is 11.2. The minimum Gasteiger partial charge on any atom is -0.508 e. The van der Waals surface area contributed by atoms with Gasteiger partial charge in [0.2, 0.25) is 0 Å². The van der Waals surface area contributed by atoms with Crippen LogP contribution in [-0.4, -0.2) is 31.3 Å². The van der Waals surface area contributed by atoms with E-state index in [1.54, 1.807) is 0 Å². The average Bonchev–Trinajstić information content (AvgIpc) is 2.49. The van der Waals surface area contributed by atoms with Crippen molar-refractivity contribution in [3.63, 3.8) is 0 Å². The van der Waals surface area contributed by atoms with Gasteiger partial charge in [-0.15, -0.1) is 0 Å². The Bertz CT molecular complexity index is 401. The van der Waals surface area contributed by atoms with E-state index in [2.05, 4.69) is 9.47 Å². The van der Waals surface area contributed by atoms with Gasteiger partial charge in [0.25, 0.3) is 0 Å². The van der Waals surface area contributed by atoms with Gasteiger partial charge in [0, 0.05) is 5.57 Å². The van der Waals surface area contributed by atoms with Gasteiger partial charge in [-0.05, 0) is 18.6 Å². The first kappa shape index (κ1) is 12.0. The van der Waals surface area contributed by atoms with Gasteiger partial charge >= 0.3 is 11.9 Å². The van der Waals surface area contributed by atoms with E-state index in [-0.39, 0.29) is 23.3 Å². The molecular formula is C11H12O5. The Kier molecular flexibility index (Phi) is 3.88. The molecule has 0 fully saturated rings. The first-order valence-electron chi connectivity index (χ1n) is 4.56. The van der Waals surface area contributed by atoms with Gasteiger partial charge in [-0.25, -0.2) is 9.59 Å². The van der Waals surface area contributed by atoms with Gasteiger partial charge in [-0.3, -0.25) is 0 Å². The summed E-state index contributed by atoms with van der Waals surface area (Å²) in [6.07, 6.45) is 4.20. The Labute approximate surface area is 92.7 Å². The van der Waals surface area contributed by atoms with Crippen molar-refractivity contribution in [2.75, 3.05) is 14.2 Å². The molecule has 16 heavy (non-hydrogen) atoms. The molecule has 86 valence electrons. The third-order valence-corrected chi connectivity index (χ3v) is 2.04. The number of ether oxygens (including phenoxy) is 2. The molecule has 5 heteroatoms. The maximum Gasteiger partial charge on any atom is 0.337 e. The Balaban J connectivity index is 2.97. The molecule has 0 aromatic heterocycles. The molecule has 1 rings (SSSR count). The lowest BCUT2D eigenvalue weighted by Crippen LogP contribution is -2.05. The highest BCUT2D eigenvalue weighted by Crippen LogP contribution is 2.17. The smallest absolute Gasteiger partial charge is 0.337 e.